The number of hydrogen-bond donors (Lipinski definition) is 2. The molecular formula is C15H17NO5. The summed E-state index contributed by atoms with van der Waals surface area (Å²) < 4.78 is 10.2. The molecule has 6 nitrogen and oxygen atoms in total. The fraction of sp³-hybridized carbons (Fsp3) is 0.333. The number of amides is 1. The van der Waals surface area contributed by atoms with Gasteiger partial charge in [-0.15, -0.1) is 0 Å². The number of carboxylic acid groups (broad SMARTS) is 1. The molecule has 1 aliphatic rings. The highest BCUT2D eigenvalue weighted by atomic mass is 16.5. The molecule has 0 radical (unpaired) electrons. The molecule has 2 rings (SSSR count). The maximum atomic E-state index is 11.8. The van der Waals surface area contributed by atoms with E-state index in [1.54, 1.807) is 19.3 Å². The molecule has 2 unspecified atom stereocenters. The lowest BCUT2D eigenvalue weighted by Gasteiger charge is -2.14. The van der Waals surface area contributed by atoms with Crippen molar-refractivity contribution in [2.45, 2.75) is 6.04 Å². The number of rotatable bonds is 5. The molecule has 0 aromatic heterocycles. The molecule has 1 aromatic carbocycles. The first kappa shape index (κ1) is 15.1. The summed E-state index contributed by atoms with van der Waals surface area (Å²) in [6.07, 6.45) is 3.01. The van der Waals surface area contributed by atoms with Crippen molar-refractivity contribution in [3.8, 4) is 5.75 Å². The van der Waals surface area contributed by atoms with Gasteiger partial charge >= 0.3 is 5.97 Å². The molecule has 1 saturated heterocycles. The third kappa shape index (κ3) is 4.06. The van der Waals surface area contributed by atoms with Gasteiger partial charge in [-0.1, -0.05) is 12.1 Å². The molecule has 1 amide bonds. The van der Waals surface area contributed by atoms with Gasteiger partial charge in [0.05, 0.1) is 26.4 Å². The summed E-state index contributed by atoms with van der Waals surface area (Å²) >= 11 is 0. The van der Waals surface area contributed by atoms with Crippen LogP contribution in [0.5, 0.6) is 5.75 Å². The molecule has 0 bridgehead atoms. The SMILES string of the molecule is COc1cccc(C=CC(=O)NC2COCC2C(=O)O)c1. The third-order valence-electron chi connectivity index (χ3n) is 3.25. The highest BCUT2D eigenvalue weighted by molar-refractivity contribution is 5.92. The second-order valence-corrected chi connectivity index (χ2v) is 4.71. The Balaban J connectivity index is 1.94. The summed E-state index contributed by atoms with van der Waals surface area (Å²) in [7, 11) is 1.57. The van der Waals surface area contributed by atoms with Crippen molar-refractivity contribution in [2.75, 3.05) is 20.3 Å². The summed E-state index contributed by atoms with van der Waals surface area (Å²) in [5, 5.41) is 11.6. The molecule has 1 aliphatic heterocycles. The highest BCUT2D eigenvalue weighted by Gasteiger charge is 2.34. The van der Waals surface area contributed by atoms with Crippen LogP contribution in [0.4, 0.5) is 0 Å². The molecule has 0 saturated carbocycles. The Hall–Kier alpha value is -2.34. The van der Waals surface area contributed by atoms with Crippen LogP contribution in [0.2, 0.25) is 0 Å². The second kappa shape index (κ2) is 6.90. The fourth-order valence-corrected chi connectivity index (χ4v) is 2.09. The van der Waals surface area contributed by atoms with Crippen LogP contribution in [0.1, 0.15) is 5.56 Å². The maximum absolute atomic E-state index is 11.8. The zero-order chi connectivity index (χ0) is 15.2. The van der Waals surface area contributed by atoms with Crippen molar-refractivity contribution in [3.63, 3.8) is 0 Å². The van der Waals surface area contributed by atoms with Gasteiger partial charge in [0, 0.05) is 6.08 Å². The average Bonchev–Trinajstić information content (AvgIpc) is 2.93. The number of benzene rings is 1. The number of nitrogens with one attached hydrogen (secondary N) is 1. The number of carbonyl (C=O) groups excluding carboxylic acids is 1. The first-order valence-electron chi connectivity index (χ1n) is 6.53. The molecule has 1 aromatic rings. The topological polar surface area (TPSA) is 84.9 Å². The molecule has 2 N–H and O–H groups in total. The van der Waals surface area contributed by atoms with Crippen molar-refractivity contribution in [1.29, 1.82) is 0 Å². The molecule has 112 valence electrons. The predicted molar refractivity (Wildman–Crippen MR) is 75.9 cm³/mol. The molecule has 6 heteroatoms. The van der Waals surface area contributed by atoms with E-state index in [4.69, 9.17) is 14.6 Å². The minimum absolute atomic E-state index is 0.125. The summed E-state index contributed by atoms with van der Waals surface area (Å²) in [6.45, 7) is 0.343. The normalized spacial score (nSPS) is 21.4. The Morgan fingerprint density at radius 2 is 2.24 bits per heavy atom. The second-order valence-electron chi connectivity index (χ2n) is 4.71. The molecule has 0 spiro atoms. The van der Waals surface area contributed by atoms with Crippen molar-refractivity contribution in [2.24, 2.45) is 5.92 Å². The fourth-order valence-electron chi connectivity index (χ4n) is 2.09. The van der Waals surface area contributed by atoms with Gasteiger partial charge in [0.15, 0.2) is 0 Å². The summed E-state index contributed by atoms with van der Waals surface area (Å²) in [5.41, 5.74) is 0.821. The molecule has 21 heavy (non-hydrogen) atoms. The van der Waals surface area contributed by atoms with Crippen molar-refractivity contribution >= 4 is 18.0 Å². The molecule has 1 heterocycles. The van der Waals surface area contributed by atoms with Crippen LogP contribution >= 0.6 is 0 Å². The van der Waals surface area contributed by atoms with E-state index in [1.165, 1.54) is 6.08 Å². The van der Waals surface area contributed by atoms with Crippen LogP contribution < -0.4 is 10.1 Å². The number of aliphatic carboxylic acids is 1. The summed E-state index contributed by atoms with van der Waals surface area (Å²) in [5.74, 6) is -1.30. The van der Waals surface area contributed by atoms with Crippen LogP contribution in [0.25, 0.3) is 6.08 Å². The molecular weight excluding hydrogens is 274 g/mol. The maximum Gasteiger partial charge on any atom is 0.311 e. The largest absolute Gasteiger partial charge is 0.497 e. The van der Waals surface area contributed by atoms with E-state index >= 15 is 0 Å². The van der Waals surface area contributed by atoms with E-state index < -0.39 is 17.9 Å². The zero-order valence-electron chi connectivity index (χ0n) is 11.6. The smallest absolute Gasteiger partial charge is 0.311 e. The van der Waals surface area contributed by atoms with Crippen LogP contribution in [-0.4, -0.2) is 43.3 Å². The number of carboxylic acids is 1. The van der Waals surface area contributed by atoms with Crippen LogP contribution in [0, 0.1) is 5.92 Å². The van der Waals surface area contributed by atoms with Gasteiger partial charge < -0.3 is 19.9 Å². The van der Waals surface area contributed by atoms with Crippen molar-refractivity contribution < 1.29 is 24.2 Å². The minimum Gasteiger partial charge on any atom is -0.497 e. The molecule has 1 fully saturated rings. The monoisotopic (exact) mass is 291 g/mol. The van der Waals surface area contributed by atoms with Gasteiger partial charge in [-0.25, -0.2) is 0 Å². The van der Waals surface area contributed by atoms with Gasteiger partial charge in [0.1, 0.15) is 11.7 Å². The minimum atomic E-state index is -0.963. The summed E-state index contributed by atoms with van der Waals surface area (Å²) in [6, 6.07) is 6.77. The zero-order valence-corrected chi connectivity index (χ0v) is 11.6. The van der Waals surface area contributed by atoms with Crippen LogP contribution in [0.15, 0.2) is 30.3 Å². The molecule has 0 aliphatic carbocycles. The Bertz CT molecular complexity index is 555. The van der Waals surface area contributed by atoms with E-state index in [-0.39, 0.29) is 19.1 Å². The standard InChI is InChI=1S/C15H17NO5/c1-20-11-4-2-3-10(7-11)5-6-14(17)16-13-9-21-8-12(13)15(18)19/h2-7,12-13H,8-9H2,1H3,(H,16,17)(H,18,19). The van der Waals surface area contributed by atoms with Gasteiger partial charge in [-0.3, -0.25) is 9.59 Å². The van der Waals surface area contributed by atoms with E-state index in [1.807, 2.05) is 18.2 Å². The Labute approximate surface area is 122 Å². The van der Waals surface area contributed by atoms with E-state index in [0.29, 0.717) is 5.75 Å². The lowest BCUT2D eigenvalue weighted by atomic mass is 10.0. The third-order valence-corrected chi connectivity index (χ3v) is 3.25. The van der Waals surface area contributed by atoms with E-state index in [9.17, 15) is 9.59 Å². The average molecular weight is 291 g/mol. The molecule has 2 atom stereocenters. The first-order valence-corrected chi connectivity index (χ1v) is 6.53. The van der Waals surface area contributed by atoms with Gasteiger partial charge in [-0.05, 0) is 23.8 Å². The predicted octanol–water partition coefficient (Wildman–Crippen LogP) is 0.924. The number of hydrogen-bond acceptors (Lipinski definition) is 4. The van der Waals surface area contributed by atoms with Crippen molar-refractivity contribution in [1.82, 2.24) is 5.32 Å². The lowest BCUT2D eigenvalue weighted by molar-refractivity contribution is -0.142. The Kier molecular flexibility index (Phi) is 4.94. The van der Waals surface area contributed by atoms with Crippen molar-refractivity contribution in [3.05, 3.63) is 35.9 Å². The highest BCUT2D eigenvalue weighted by Crippen LogP contribution is 2.15. The Morgan fingerprint density at radius 3 is 2.95 bits per heavy atom. The van der Waals surface area contributed by atoms with Crippen LogP contribution in [0.3, 0.4) is 0 Å². The quantitative estimate of drug-likeness (QED) is 0.788. The number of carbonyl (C=O) groups is 2. The van der Waals surface area contributed by atoms with Gasteiger partial charge in [0.25, 0.3) is 0 Å². The van der Waals surface area contributed by atoms with E-state index in [0.717, 1.165) is 5.56 Å². The van der Waals surface area contributed by atoms with E-state index in [2.05, 4.69) is 5.32 Å². The van der Waals surface area contributed by atoms with Crippen LogP contribution in [-0.2, 0) is 14.3 Å². The summed E-state index contributed by atoms with van der Waals surface area (Å²) in [4.78, 5) is 22.8. The van der Waals surface area contributed by atoms with Gasteiger partial charge in [-0.2, -0.15) is 0 Å². The lowest BCUT2D eigenvalue weighted by Crippen LogP contribution is -2.41. The van der Waals surface area contributed by atoms with Gasteiger partial charge in [0.2, 0.25) is 5.91 Å². The first-order chi connectivity index (χ1) is 10.1. The Morgan fingerprint density at radius 1 is 1.43 bits per heavy atom. The number of methoxy groups -OCH3 is 1. The number of ether oxygens (including phenoxy) is 2.